The van der Waals surface area contributed by atoms with Crippen molar-refractivity contribution in [1.29, 1.82) is 0 Å². The third kappa shape index (κ3) is 4.02. The molecule has 1 aliphatic heterocycles. The summed E-state index contributed by atoms with van der Waals surface area (Å²) in [5.74, 6) is -1.89. The predicted octanol–water partition coefficient (Wildman–Crippen LogP) is 2.80. The zero-order valence-corrected chi connectivity index (χ0v) is 17.9. The van der Waals surface area contributed by atoms with Crippen LogP contribution in [-0.4, -0.2) is 40.2 Å². The lowest BCUT2D eigenvalue weighted by molar-refractivity contribution is -0.133. The fourth-order valence-electron chi connectivity index (χ4n) is 3.38. The van der Waals surface area contributed by atoms with Crippen molar-refractivity contribution in [2.75, 3.05) is 17.2 Å². The number of nitrogens with one attached hydrogen (secondary N) is 3. The van der Waals surface area contributed by atoms with Gasteiger partial charge in [0.1, 0.15) is 17.9 Å². The van der Waals surface area contributed by atoms with Crippen molar-refractivity contribution in [3.05, 3.63) is 53.8 Å². The van der Waals surface area contributed by atoms with E-state index in [1.165, 1.54) is 49.4 Å². The van der Waals surface area contributed by atoms with E-state index in [2.05, 4.69) is 20.9 Å². The molecule has 0 bridgehead atoms. The van der Waals surface area contributed by atoms with E-state index in [0.29, 0.717) is 21.9 Å². The molecule has 9 nitrogen and oxygen atoms in total. The lowest BCUT2D eigenvalue weighted by Crippen LogP contribution is -2.42. The van der Waals surface area contributed by atoms with Crippen LogP contribution in [0.1, 0.15) is 19.4 Å². The molecule has 1 aromatic heterocycles. The van der Waals surface area contributed by atoms with Crippen LogP contribution in [0.5, 0.6) is 0 Å². The second-order valence-electron chi connectivity index (χ2n) is 7.38. The second-order valence-corrected chi connectivity index (χ2v) is 8.41. The topological polar surface area (TPSA) is 120 Å². The van der Waals surface area contributed by atoms with Crippen LogP contribution in [0.25, 0.3) is 10.2 Å². The van der Waals surface area contributed by atoms with E-state index in [9.17, 15) is 23.6 Å². The van der Waals surface area contributed by atoms with Gasteiger partial charge in [0.2, 0.25) is 11.8 Å². The van der Waals surface area contributed by atoms with Crippen molar-refractivity contribution >= 4 is 56.1 Å². The first-order chi connectivity index (χ1) is 15.2. The monoisotopic (exact) mass is 455 g/mol. The Morgan fingerprint density at radius 2 is 1.88 bits per heavy atom. The van der Waals surface area contributed by atoms with Crippen LogP contribution in [0.4, 0.5) is 20.0 Å². The minimum atomic E-state index is -1.40. The lowest BCUT2D eigenvalue weighted by Gasteiger charge is -2.22. The van der Waals surface area contributed by atoms with Gasteiger partial charge >= 0.3 is 6.03 Å². The fraction of sp³-hybridized carbons (Fsp3) is 0.190. The summed E-state index contributed by atoms with van der Waals surface area (Å²) in [4.78, 5) is 54.1. The Morgan fingerprint density at radius 3 is 2.56 bits per heavy atom. The molecule has 2 aromatic carbocycles. The number of halogens is 1. The van der Waals surface area contributed by atoms with E-state index in [4.69, 9.17) is 0 Å². The number of rotatable bonds is 5. The average Bonchev–Trinajstić information content (AvgIpc) is 3.21. The van der Waals surface area contributed by atoms with Crippen LogP contribution in [0, 0.1) is 5.82 Å². The maximum absolute atomic E-state index is 13.2. The number of nitrogens with zero attached hydrogens (tertiary/aromatic N) is 2. The largest absolute Gasteiger partial charge is 0.326 e. The van der Waals surface area contributed by atoms with Crippen LogP contribution >= 0.6 is 11.3 Å². The first kappa shape index (κ1) is 21.4. The van der Waals surface area contributed by atoms with Gasteiger partial charge in [-0.1, -0.05) is 23.5 Å². The predicted molar refractivity (Wildman–Crippen MR) is 117 cm³/mol. The van der Waals surface area contributed by atoms with Gasteiger partial charge in [0.25, 0.3) is 5.91 Å². The van der Waals surface area contributed by atoms with Crippen LogP contribution in [0.2, 0.25) is 0 Å². The molecule has 1 fully saturated rings. The number of thiazole rings is 1. The smallest absolute Gasteiger partial charge is 0.325 e. The number of amides is 5. The summed E-state index contributed by atoms with van der Waals surface area (Å²) in [7, 11) is 0. The van der Waals surface area contributed by atoms with Gasteiger partial charge in [-0.15, -0.1) is 0 Å². The highest BCUT2D eigenvalue weighted by Crippen LogP contribution is 2.30. The fourth-order valence-corrected chi connectivity index (χ4v) is 4.30. The maximum atomic E-state index is 13.2. The number of urea groups is 1. The van der Waals surface area contributed by atoms with Gasteiger partial charge in [0, 0.05) is 12.6 Å². The summed E-state index contributed by atoms with van der Waals surface area (Å²) in [6.07, 6.45) is 0. The highest BCUT2D eigenvalue weighted by Gasteiger charge is 2.49. The highest BCUT2D eigenvalue weighted by molar-refractivity contribution is 7.22. The zero-order valence-electron chi connectivity index (χ0n) is 17.1. The van der Waals surface area contributed by atoms with Crippen molar-refractivity contribution in [3.63, 3.8) is 0 Å². The number of hydrogen-bond donors (Lipinski definition) is 3. The van der Waals surface area contributed by atoms with Gasteiger partial charge in [-0.25, -0.2) is 14.2 Å². The summed E-state index contributed by atoms with van der Waals surface area (Å²) < 4.78 is 14.0. The van der Waals surface area contributed by atoms with Crippen LogP contribution in [0.3, 0.4) is 0 Å². The molecule has 2 heterocycles. The Kier molecular flexibility index (Phi) is 5.35. The summed E-state index contributed by atoms with van der Waals surface area (Å²) in [5, 5.41) is 8.12. The molecule has 3 N–H and O–H groups in total. The SMILES string of the molecule is CC(=O)Nc1ccc2nc(NC(=O)CN3C(=O)NC(C)(c4ccc(F)cc4)C3=O)sc2c1. The molecule has 1 saturated heterocycles. The van der Waals surface area contributed by atoms with Gasteiger partial charge in [-0.2, -0.15) is 0 Å². The third-order valence-electron chi connectivity index (χ3n) is 4.95. The number of fused-ring (bicyclic) bond motifs is 1. The summed E-state index contributed by atoms with van der Waals surface area (Å²) in [6, 6.07) is 9.62. The molecule has 32 heavy (non-hydrogen) atoms. The average molecular weight is 455 g/mol. The van der Waals surface area contributed by atoms with Crippen molar-refractivity contribution in [2.45, 2.75) is 19.4 Å². The molecule has 5 amide bonds. The van der Waals surface area contributed by atoms with E-state index in [1.807, 2.05) is 0 Å². The second kappa shape index (κ2) is 8.00. The molecule has 0 saturated carbocycles. The molecule has 1 unspecified atom stereocenters. The standard InChI is InChI=1S/C21H18FN5O4S/c1-11(28)23-14-7-8-15-16(9-14)32-19(24-15)25-17(29)10-27-18(30)21(2,26-20(27)31)12-3-5-13(22)6-4-12/h3-9H,10H2,1-2H3,(H,23,28)(H,26,31)(H,24,25,29). The summed E-state index contributed by atoms with van der Waals surface area (Å²) in [6.45, 7) is 2.40. The van der Waals surface area contributed by atoms with Crippen molar-refractivity contribution < 1.29 is 23.6 Å². The molecule has 3 aromatic rings. The number of hydrogen-bond acceptors (Lipinski definition) is 6. The number of carbonyl (C=O) groups is 4. The number of carbonyl (C=O) groups excluding carboxylic acids is 4. The van der Waals surface area contributed by atoms with Crippen LogP contribution < -0.4 is 16.0 Å². The van der Waals surface area contributed by atoms with Gasteiger partial charge in [-0.05, 0) is 42.8 Å². The normalized spacial score (nSPS) is 18.0. The molecular weight excluding hydrogens is 437 g/mol. The van der Waals surface area contributed by atoms with Crippen molar-refractivity contribution in [1.82, 2.24) is 15.2 Å². The first-order valence-corrected chi connectivity index (χ1v) is 10.4. The molecule has 11 heteroatoms. The summed E-state index contributed by atoms with van der Waals surface area (Å²) >= 11 is 1.19. The number of aromatic nitrogens is 1. The Balaban J connectivity index is 1.47. The van der Waals surface area contributed by atoms with Crippen LogP contribution in [-0.2, 0) is 19.9 Å². The van der Waals surface area contributed by atoms with E-state index >= 15 is 0 Å². The molecule has 1 aliphatic rings. The number of imide groups is 1. The molecule has 0 spiro atoms. The third-order valence-corrected chi connectivity index (χ3v) is 5.89. The molecule has 1 atom stereocenters. The number of anilines is 2. The minimum Gasteiger partial charge on any atom is -0.326 e. The van der Waals surface area contributed by atoms with E-state index in [0.717, 1.165) is 9.60 Å². The van der Waals surface area contributed by atoms with Gasteiger partial charge < -0.3 is 16.0 Å². The molecule has 0 aliphatic carbocycles. The van der Waals surface area contributed by atoms with Crippen molar-refractivity contribution in [3.8, 4) is 0 Å². The van der Waals surface area contributed by atoms with E-state index in [1.54, 1.807) is 18.2 Å². The van der Waals surface area contributed by atoms with E-state index < -0.39 is 35.7 Å². The lowest BCUT2D eigenvalue weighted by atomic mass is 9.92. The van der Waals surface area contributed by atoms with Gasteiger partial charge in [0.05, 0.1) is 10.2 Å². The molecule has 164 valence electrons. The van der Waals surface area contributed by atoms with Crippen LogP contribution in [0.15, 0.2) is 42.5 Å². The summed E-state index contributed by atoms with van der Waals surface area (Å²) in [5.41, 5.74) is 0.228. The quantitative estimate of drug-likeness (QED) is 0.511. The van der Waals surface area contributed by atoms with Crippen molar-refractivity contribution in [2.24, 2.45) is 0 Å². The first-order valence-electron chi connectivity index (χ1n) is 9.54. The Hall–Kier alpha value is -3.86. The number of benzene rings is 2. The minimum absolute atomic E-state index is 0.205. The van der Waals surface area contributed by atoms with Gasteiger partial charge in [-0.3, -0.25) is 19.3 Å². The molecular formula is C21H18FN5O4S. The molecule has 4 rings (SSSR count). The highest BCUT2D eigenvalue weighted by atomic mass is 32.1. The zero-order chi connectivity index (χ0) is 23.0. The van der Waals surface area contributed by atoms with Gasteiger partial charge in [0.15, 0.2) is 5.13 Å². The molecule has 0 radical (unpaired) electrons. The Morgan fingerprint density at radius 1 is 1.16 bits per heavy atom. The Bertz CT molecular complexity index is 1260. The van der Waals surface area contributed by atoms with E-state index in [-0.39, 0.29) is 5.91 Å². The Labute approximate surface area is 185 Å². The maximum Gasteiger partial charge on any atom is 0.325 e.